The van der Waals surface area contributed by atoms with Crippen LogP contribution in [-0.2, 0) is 36.8 Å². The van der Waals surface area contributed by atoms with Gasteiger partial charge in [-0.15, -0.1) is 0 Å². The highest BCUT2D eigenvalue weighted by Gasteiger charge is 2.24. The van der Waals surface area contributed by atoms with E-state index in [4.69, 9.17) is 14.2 Å². The van der Waals surface area contributed by atoms with E-state index < -0.39 is 36.2 Å². The second kappa shape index (κ2) is 18.9. The van der Waals surface area contributed by atoms with Crippen molar-refractivity contribution in [1.82, 2.24) is 10.3 Å². The molecule has 5 rings (SSSR count). The highest BCUT2D eigenvalue weighted by atomic mass is 16.6. The Balaban J connectivity index is 1.21. The lowest BCUT2D eigenvalue weighted by molar-refractivity contribution is -0.143. The molecule has 0 spiro atoms. The zero-order chi connectivity index (χ0) is 39.3. The molecule has 55 heavy (non-hydrogen) atoms. The topological polar surface area (TPSA) is 185 Å². The van der Waals surface area contributed by atoms with Crippen LogP contribution in [0.1, 0.15) is 73.0 Å². The summed E-state index contributed by atoms with van der Waals surface area (Å²) in [6, 6.07) is 26.3. The molecule has 5 N–H and O–H groups in total. The van der Waals surface area contributed by atoms with Gasteiger partial charge in [0.15, 0.2) is 6.04 Å². The van der Waals surface area contributed by atoms with Crippen molar-refractivity contribution in [2.75, 3.05) is 23.8 Å². The summed E-state index contributed by atoms with van der Waals surface area (Å²) in [7, 11) is 0. The lowest BCUT2D eigenvalue weighted by Crippen LogP contribution is -2.31. The Bertz CT molecular complexity index is 2190. The summed E-state index contributed by atoms with van der Waals surface area (Å²) in [5.41, 5.74) is 4.26. The van der Waals surface area contributed by atoms with Gasteiger partial charge in [-0.3, -0.25) is 14.9 Å². The first-order chi connectivity index (χ1) is 26.5. The van der Waals surface area contributed by atoms with Crippen molar-refractivity contribution in [3.63, 3.8) is 0 Å². The average Bonchev–Trinajstić information content (AvgIpc) is 3.18. The van der Waals surface area contributed by atoms with Crippen molar-refractivity contribution >= 4 is 46.3 Å². The van der Waals surface area contributed by atoms with Gasteiger partial charge in [0.25, 0.3) is 5.56 Å². The van der Waals surface area contributed by atoms with Gasteiger partial charge in [0, 0.05) is 28.9 Å². The lowest BCUT2D eigenvalue weighted by atomic mass is 9.91. The molecule has 0 bridgehead atoms. The van der Waals surface area contributed by atoms with Crippen LogP contribution in [0.4, 0.5) is 21.0 Å². The molecule has 0 fully saturated rings. The Hall–Kier alpha value is -6.63. The Morgan fingerprint density at radius 3 is 2.35 bits per heavy atom. The lowest BCUT2D eigenvalue weighted by Gasteiger charge is -2.21. The van der Waals surface area contributed by atoms with E-state index in [-0.39, 0.29) is 37.7 Å². The number of fused-ring (bicyclic) bond motifs is 1. The Labute approximate surface area is 318 Å². The van der Waals surface area contributed by atoms with E-state index >= 15 is 0 Å². The quantitative estimate of drug-likeness (QED) is 0.0497. The van der Waals surface area contributed by atoms with E-state index in [0.717, 1.165) is 22.1 Å². The first kappa shape index (κ1) is 39.6. The number of carboxylic acids is 1. The van der Waals surface area contributed by atoms with Crippen molar-refractivity contribution in [3.8, 4) is 0 Å². The number of aromatic nitrogens is 1. The zero-order valence-electron chi connectivity index (χ0n) is 30.8. The number of benzene rings is 4. The number of aromatic amines is 1. The Morgan fingerprint density at radius 2 is 1.60 bits per heavy atom. The number of amides is 2. The van der Waals surface area contributed by atoms with E-state index in [1.165, 1.54) is 0 Å². The third-order valence-electron chi connectivity index (χ3n) is 8.93. The molecule has 0 saturated heterocycles. The maximum atomic E-state index is 12.9. The number of pyridine rings is 1. The Kier molecular flexibility index (Phi) is 13.6. The van der Waals surface area contributed by atoms with Crippen LogP contribution in [0.3, 0.4) is 0 Å². The number of ether oxygens (including phenoxy) is 3. The summed E-state index contributed by atoms with van der Waals surface area (Å²) in [6.45, 7) is 5.81. The Morgan fingerprint density at radius 1 is 0.800 bits per heavy atom. The number of anilines is 2. The molecule has 0 saturated carbocycles. The smallest absolute Gasteiger partial charge is 0.411 e. The minimum Gasteiger partial charge on any atom is -0.479 e. The SMILES string of the molecule is CCOC(=O)C[C@@H](NC(=O)OCc1ccccc1)c1cccc(NC(=O)OC[C@H](C)c2ccc(C(Nc3ccc4cc[nH]c(=O)c4c3)C(=O)O)cc2CC)c1. The van der Waals surface area contributed by atoms with Crippen LogP contribution in [0.5, 0.6) is 0 Å². The van der Waals surface area contributed by atoms with Crippen molar-refractivity contribution < 1.29 is 38.5 Å². The number of alkyl carbamates (subject to hydrolysis) is 1. The summed E-state index contributed by atoms with van der Waals surface area (Å²) in [5, 5.41) is 19.8. The fraction of sp³-hybridized carbons (Fsp3) is 0.262. The number of carboxylic acid groups (broad SMARTS) is 1. The molecule has 0 radical (unpaired) electrons. The van der Waals surface area contributed by atoms with Gasteiger partial charge < -0.3 is 34.9 Å². The molecule has 5 aromatic rings. The van der Waals surface area contributed by atoms with Crippen LogP contribution in [0.15, 0.2) is 108 Å². The number of hydrogen-bond acceptors (Lipinski definition) is 9. The number of carbonyl (C=O) groups excluding carboxylic acids is 3. The fourth-order valence-corrected chi connectivity index (χ4v) is 6.14. The van der Waals surface area contributed by atoms with E-state index in [1.807, 2.05) is 56.3 Å². The zero-order valence-corrected chi connectivity index (χ0v) is 30.8. The van der Waals surface area contributed by atoms with Crippen LogP contribution in [0.2, 0.25) is 0 Å². The molecule has 1 aromatic heterocycles. The van der Waals surface area contributed by atoms with Crippen molar-refractivity contribution in [2.45, 2.75) is 58.2 Å². The molecule has 0 aliphatic carbocycles. The molecule has 2 amide bonds. The molecule has 4 aromatic carbocycles. The second-order valence-electron chi connectivity index (χ2n) is 12.9. The maximum Gasteiger partial charge on any atom is 0.411 e. The molecule has 13 nitrogen and oxygen atoms in total. The van der Waals surface area contributed by atoms with Gasteiger partial charge in [-0.1, -0.05) is 80.6 Å². The second-order valence-corrected chi connectivity index (χ2v) is 12.9. The van der Waals surface area contributed by atoms with Crippen LogP contribution >= 0.6 is 0 Å². The molecule has 1 heterocycles. The molecule has 0 aliphatic heterocycles. The van der Waals surface area contributed by atoms with Crippen LogP contribution in [0, 0.1) is 0 Å². The summed E-state index contributed by atoms with van der Waals surface area (Å²) >= 11 is 0. The molecular weight excluding hydrogens is 704 g/mol. The highest BCUT2D eigenvalue weighted by Crippen LogP contribution is 2.28. The van der Waals surface area contributed by atoms with Gasteiger partial charge in [-0.2, -0.15) is 0 Å². The summed E-state index contributed by atoms with van der Waals surface area (Å²) in [6.07, 6.45) is 0.573. The van der Waals surface area contributed by atoms with Gasteiger partial charge in [0.2, 0.25) is 0 Å². The van der Waals surface area contributed by atoms with Crippen molar-refractivity contribution in [3.05, 3.63) is 141 Å². The average molecular weight is 749 g/mol. The maximum absolute atomic E-state index is 12.9. The number of hydrogen-bond donors (Lipinski definition) is 5. The molecular formula is C42H44N4O9. The van der Waals surface area contributed by atoms with Crippen LogP contribution < -0.4 is 21.5 Å². The van der Waals surface area contributed by atoms with Gasteiger partial charge in [-0.25, -0.2) is 14.4 Å². The van der Waals surface area contributed by atoms with E-state index in [0.29, 0.717) is 34.3 Å². The summed E-state index contributed by atoms with van der Waals surface area (Å²) < 4.78 is 16.1. The minimum absolute atomic E-state index is 0.0322. The molecule has 13 heteroatoms. The van der Waals surface area contributed by atoms with Gasteiger partial charge in [0.1, 0.15) is 6.61 Å². The highest BCUT2D eigenvalue weighted by molar-refractivity contribution is 5.87. The number of rotatable bonds is 16. The molecule has 0 aliphatic rings. The number of nitrogens with one attached hydrogen (secondary N) is 4. The summed E-state index contributed by atoms with van der Waals surface area (Å²) in [5.74, 6) is -1.83. The summed E-state index contributed by atoms with van der Waals surface area (Å²) in [4.78, 5) is 65.4. The standard InChI is InChI=1S/C42H44N4O9/c1-4-28-20-31(38(40(49)50)44-33-16-14-29-18-19-43-39(48)35(29)22-33)15-17-34(28)26(3)24-54-41(51)45-32-13-9-12-30(21-32)36(23-37(47)53-5-2)46-42(52)55-25-27-10-7-6-8-11-27/h6-22,26,36,38,44H,4-5,23-25H2,1-3H3,(H,43,48)(H,45,51)(H,46,52)(H,49,50)/t26-,36+,38?/m0/s1. The van der Waals surface area contributed by atoms with E-state index in [2.05, 4.69) is 20.9 Å². The number of aryl methyl sites for hydroxylation is 1. The predicted molar refractivity (Wildman–Crippen MR) is 208 cm³/mol. The minimum atomic E-state index is -1.08. The number of aliphatic carboxylic acids is 1. The fourth-order valence-electron chi connectivity index (χ4n) is 6.14. The number of esters is 1. The van der Waals surface area contributed by atoms with E-state index in [1.54, 1.807) is 67.7 Å². The normalized spacial score (nSPS) is 12.5. The first-order valence-electron chi connectivity index (χ1n) is 17.9. The first-order valence-corrected chi connectivity index (χ1v) is 17.9. The van der Waals surface area contributed by atoms with Crippen molar-refractivity contribution in [2.24, 2.45) is 0 Å². The van der Waals surface area contributed by atoms with Gasteiger partial charge >= 0.3 is 24.1 Å². The molecule has 1 unspecified atom stereocenters. The van der Waals surface area contributed by atoms with Gasteiger partial charge in [0.05, 0.1) is 25.7 Å². The monoisotopic (exact) mass is 748 g/mol. The van der Waals surface area contributed by atoms with Crippen LogP contribution in [0.25, 0.3) is 10.8 Å². The number of H-pyrrole nitrogens is 1. The predicted octanol–water partition coefficient (Wildman–Crippen LogP) is 7.60. The van der Waals surface area contributed by atoms with E-state index in [9.17, 15) is 29.1 Å². The number of carbonyl (C=O) groups is 4. The third kappa shape index (κ3) is 10.9. The third-order valence-corrected chi connectivity index (χ3v) is 8.93. The molecule has 286 valence electrons. The molecule has 3 atom stereocenters. The van der Waals surface area contributed by atoms with Gasteiger partial charge in [-0.05, 0) is 76.9 Å². The largest absolute Gasteiger partial charge is 0.479 e. The van der Waals surface area contributed by atoms with Crippen molar-refractivity contribution in [1.29, 1.82) is 0 Å². The van der Waals surface area contributed by atoms with Crippen LogP contribution in [-0.4, -0.2) is 47.4 Å².